The summed E-state index contributed by atoms with van der Waals surface area (Å²) in [6.45, 7) is 1.16. The van der Waals surface area contributed by atoms with Crippen LogP contribution in [0.4, 0.5) is 0 Å². The Morgan fingerprint density at radius 1 is 1.05 bits per heavy atom. The van der Waals surface area contributed by atoms with Gasteiger partial charge in [0, 0.05) is 22.6 Å². The van der Waals surface area contributed by atoms with Gasteiger partial charge in [0.25, 0.3) is 0 Å². The van der Waals surface area contributed by atoms with E-state index in [1.807, 2.05) is 36.2 Å². The van der Waals surface area contributed by atoms with Crippen LogP contribution in [0, 0.1) is 0 Å². The summed E-state index contributed by atoms with van der Waals surface area (Å²) >= 11 is 9.16. The molecule has 22 heavy (non-hydrogen) atoms. The molecule has 3 nitrogen and oxygen atoms in total. The first-order valence-corrected chi connectivity index (χ1v) is 9.60. The quantitative estimate of drug-likeness (QED) is 0.732. The highest BCUT2D eigenvalue weighted by atomic mass is 79.9. The van der Waals surface area contributed by atoms with Gasteiger partial charge in [0.1, 0.15) is 0 Å². The van der Waals surface area contributed by atoms with Gasteiger partial charge in [0.2, 0.25) is 0 Å². The molecule has 0 spiro atoms. The zero-order valence-corrected chi connectivity index (χ0v) is 15.3. The second-order valence-corrected chi connectivity index (χ2v) is 8.60. The maximum atomic E-state index is 12.3. The van der Waals surface area contributed by atoms with Gasteiger partial charge in [0.15, 0.2) is 9.84 Å². The molecule has 0 aromatic heterocycles. The molecule has 0 aliphatic rings. The van der Waals surface area contributed by atoms with E-state index in [0.29, 0.717) is 23.0 Å². The van der Waals surface area contributed by atoms with Crippen molar-refractivity contribution in [1.82, 2.24) is 4.90 Å². The van der Waals surface area contributed by atoms with Gasteiger partial charge in [-0.1, -0.05) is 39.7 Å². The predicted octanol–water partition coefficient (Wildman–Crippen LogP) is 4.01. The van der Waals surface area contributed by atoms with Crippen LogP contribution in [0.2, 0.25) is 5.02 Å². The lowest BCUT2D eigenvalue weighted by Crippen LogP contribution is -2.25. The Balaban J connectivity index is 1.93. The average molecular weight is 403 g/mol. The third-order valence-electron chi connectivity index (χ3n) is 3.28. The van der Waals surface area contributed by atoms with E-state index in [0.717, 1.165) is 10.0 Å². The first kappa shape index (κ1) is 17.5. The van der Waals surface area contributed by atoms with E-state index in [-0.39, 0.29) is 5.75 Å². The van der Waals surface area contributed by atoms with Crippen LogP contribution in [0.15, 0.2) is 57.9 Å². The van der Waals surface area contributed by atoms with Gasteiger partial charge in [-0.25, -0.2) is 8.42 Å². The van der Waals surface area contributed by atoms with Crippen molar-refractivity contribution in [1.29, 1.82) is 0 Å². The Kier molecular flexibility index (Phi) is 6.03. The van der Waals surface area contributed by atoms with Crippen LogP contribution < -0.4 is 0 Å². The number of halogens is 2. The van der Waals surface area contributed by atoms with Crippen LogP contribution in [0.1, 0.15) is 5.56 Å². The summed E-state index contributed by atoms with van der Waals surface area (Å²) < 4.78 is 25.4. The van der Waals surface area contributed by atoms with Crippen LogP contribution in [-0.2, 0) is 16.4 Å². The van der Waals surface area contributed by atoms with Gasteiger partial charge in [-0.3, -0.25) is 0 Å². The minimum absolute atomic E-state index is 0.0960. The minimum Gasteiger partial charge on any atom is -0.301 e. The highest BCUT2D eigenvalue weighted by molar-refractivity contribution is 9.10. The van der Waals surface area contributed by atoms with E-state index in [9.17, 15) is 8.42 Å². The zero-order chi connectivity index (χ0) is 16.2. The first-order chi connectivity index (χ1) is 10.4. The van der Waals surface area contributed by atoms with Gasteiger partial charge in [0.05, 0.1) is 10.6 Å². The van der Waals surface area contributed by atoms with Crippen molar-refractivity contribution in [3.63, 3.8) is 0 Å². The highest BCUT2D eigenvalue weighted by Crippen LogP contribution is 2.16. The number of nitrogens with zero attached hydrogens (tertiary/aromatic N) is 1. The topological polar surface area (TPSA) is 37.4 Å². The smallest absolute Gasteiger partial charge is 0.179 e. The summed E-state index contributed by atoms with van der Waals surface area (Å²) in [7, 11) is -1.35. The Labute approximate surface area is 145 Å². The van der Waals surface area contributed by atoms with Crippen molar-refractivity contribution < 1.29 is 8.42 Å². The van der Waals surface area contributed by atoms with Gasteiger partial charge < -0.3 is 4.90 Å². The molecule has 0 saturated heterocycles. The van der Waals surface area contributed by atoms with E-state index in [2.05, 4.69) is 15.9 Å². The molecule has 0 saturated carbocycles. The third kappa shape index (κ3) is 5.09. The van der Waals surface area contributed by atoms with E-state index >= 15 is 0 Å². The summed E-state index contributed by atoms with van der Waals surface area (Å²) in [4.78, 5) is 2.34. The molecule has 0 amide bonds. The fourth-order valence-electron chi connectivity index (χ4n) is 2.02. The van der Waals surface area contributed by atoms with E-state index in [1.165, 1.54) is 0 Å². The van der Waals surface area contributed by atoms with Gasteiger partial charge >= 0.3 is 0 Å². The number of sulfone groups is 1. The maximum Gasteiger partial charge on any atom is 0.179 e. The fourth-order valence-corrected chi connectivity index (χ4v) is 3.75. The summed E-state index contributed by atoms with van der Waals surface area (Å²) in [6.07, 6.45) is 0. The van der Waals surface area contributed by atoms with Crippen LogP contribution >= 0.6 is 27.5 Å². The van der Waals surface area contributed by atoms with Crippen molar-refractivity contribution in [2.24, 2.45) is 0 Å². The van der Waals surface area contributed by atoms with Gasteiger partial charge in [-0.2, -0.15) is 0 Å². The van der Waals surface area contributed by atoms with Crippen molar-refractivity contribution in [2.45, 2.75) is 11.4 Å². The van der Waals surface area contributed by atoms with Crippen molar-refractivity contribution >= 4 is 37.4 Å². The molecule has 0 radical (unpaired) electrons. The molecule has 2 aromatic rings. The molecule has 0 heterocycles. The summed E-state index contributed by atoms with van der Waals surface area (Å²) in [5, 5.41) is 0.698. The molecule has 6 heteroatoms. The SMILES string of the molecule is CN(CCS(=O)(=O)c1ccc(Br)cc1)Cc1ccc(Cl)cc1. The second kappa shape index (κ2) is 7.59. The molecule has 118 valence electrons. The number of benzene rings is 2. The Hall–Kier alpha value is -0.880. The van der Waals surface area contributed by atoms with E-state index in [1.54, 1.807) is 24.3 Å². The summed E-state index contributed by atoms with van der Waals surface area (Å²) in [5.74, 6) is 0.0960. The molecular formula is C16H17BrClNO2S. The molecule has 0 N–H and O–H groups in total. The number of hydrogen-bond acceptors (Lipinski definition) is 3. The van der Waals surface area contributed by atoms with Gasteiger partial charge in [-0.05, 0) is 49.0 Å². The Bertz CT molecular complexity index is 715. The van der Waals surface area contributed by atoms with E-state index < -0.39 is 9.84 Å². The standard InChI is InChI=1S/C16H17BrClNO2S/c1-19(12-13-2-6-15(18)7-3-13)10-11-22(20,21)16-8-4-14(17)5-9-16/h2-9H,10-12H2,1H3. The first-order valence-electron chi connectivity index (χ1n) is 6.78. The average Bonchev–Trinajstić information content (AvgIpc) is 2.48. The second-order valence-electron chi connectivity index (χ2n) is 5.14. The maximum absolute atomic E-state index is 12.3. The van der Waals surface area contributed by atoms with Crippen LogP contribution in [-0.4, -0.2) is 32.7 Å². The highest BCUT2D eigenvalue weighted by Gasteiger charge is 2.15. The number of hydrogen-bond donors (Lipinski definition) is 0. The van der Waals surface area contributed by atoms with E-state index in [4.69, 9.17) is 11.6 Å². The Morgan fingerprint density at radius 3 is 2.23 bits per heavy atom. The molecule has 0 unspecified atom stereocenters. The minimum atomic E-state index is -3.25. The lowest BCUT2D eigenvalue weighted by atomic mass is 10.2. The monoisotopic (exact) mass is 401 g/mol. The van der Waals surface area contributed by atoms with Crippen molar-refractivity contribution in [3.8, 4) is 0 Å². The molecule has 0 fully saturated rings. The molecule has 2 aromatic carbocycles. The Morgan fingerprint density at radius 2 is 1.64 bits per heavy atom. The molecular weight excluding hydrogens is 386 g/mol. The van der Waals surface area contributed by atoms with Crippen LogP contribution in [0.5, 0.6) is 0 Å². The normalized spacial score (nSPS) is 11.8. The lowest BCUT2D eigenvalue weighted by molar-refractivity contribution is 0.346. The van der Waals surface area contributed by atoms with Crippen molar-refractivity contribution in [3.05, 3.63) is 63.6 Å². The predicted molar refractivity (Wildman–Crippen MR) is 94.0 cm³/mol. The lowest BCUT2D eigenvalue weighted by Gasteiger charge is -2.16. The zero-order valence-electron chi connectivity index (χ0n) is 12.2. The van der Waals surface area contributed by atoms with Gasteiger partial charge in [-0.15, -0.1) is 0 Å². The fraction of sp³-hybridized carbons (Fsp3) is 0.250. The molecule has 0 aliphatic heterocycles. The number of rotatable bonds is 6. The van der Waals surface area contributed by atoms with Crippen molar-refractivity contribution in [2.75, 3.05) is 19.3 Å². The summed E-state index contributed by atoms with van der Waals surface area (Å²) in [6, 6.07) is 14.3. The summed E-state index contributed by atoms with van der Waals surface area (Å²) in [5.41, 5.74) is 1.10. The van der Waals surface area contributed by atoms with Crippen LogP contribution in [0.25, 0.3) is 0 Å². The third-order valence-corrected chi connectivity index (χ3v) is 5.77. The molecule has 0 atom stereocenters. The van der Waals surface area contributed by atoms with Crippen LogP contribution in [0.3, 0.4) is 0 Å². The largest absolute Gasteiger partial charge is 0.301 e. The molecule has 0 aliphatic carbocycles. The molecule has 0 bridgehead atoms. The molecule has 2 rings (SSSR count).